The van der Waals surface area contributed by atoms with Crippen LogP contribution in [-0.2, 0) is 0 Å². The SMILES string of the molecule is C#C[Si](C)(C)[SiH](C)C. The number of hydrogen-bond donors (Lipinski definition) is 0. The monoisotopic (exact) mass is 142 g/mol. The molecular weight excluding hydrogens is 128 g/mol. The highest BCUT2D eigenvalue weighted by molar-refractivity contribution is 7.35. The molecule has 0 saturated carbocycles. The Morgan fingerprint density at radius 3 is 1.75 bits per heavy atom. The molecule has 0 amide bonds. The van der Waals surface area contributed by atoms with Crippen LogP contribution in [0.4, 0.5) is 0 Å². The lowest BCUT2D eigenvalue weighted by molar-refractivity contribution is 1.91. The summed E-state index contributed by atoms with van der Waals surface area (Å²) in [6, 6.07) is 0. The zero-order chi connectivity index (χ0) is 6.78. The third kappa shape index (κ3) is 1.85. The van der Waals surface area contributed by atoms with E-state index in [1.165, 1.54) is 0 Å². The standard InChI is InChI=1S/C6H14Si2/c1-6-8(4,5)7(2)3/h1,7H,2-5H3. The molecule has 0 aliphatic rings. The van der Waals surface area contributed by atoms with Gasteiger partial charge in [-0.05, 0) is 0 Å². The normalized spacial score (nSPS) is 11.5. The van der Waals surface area contributed by atoms with Crippen molar-refractivity contribution < 1.29 is 0 Å². The predicted molar refractivity (Wildman–Crippen MR) is 45.2 cm³/mol. The number of hydrogen-bond acceptors (Lipinski definition) is 0. The lowest BCUT2D eigenvalue weighted by Gasteiger charge is -2.17. The summed E-state index contributed by atoms with van der Waals surface area (Å²) in [5.41, 5.74) is 2.94. The van der Waals surface area contributed by atoms with Gasteiger partial charge in [0.25, 0.3) is 0 Å². The second-order valence-electron chi connectivity index (χ2n) is 3.02. The van der Waals surface area contributed by atoms with Crippen molar-refractivity contribution in [3.8, 4) is 12.0 Å². The number of terminal acetylenes is 1. The molecular formula is C6H14Si2. The minimum Gasteiger partial charge on any atom is -0.139 e. The summed E-state index contributed by atoms with van der Waals surface area (Å²) in [7, 11) is -1.56. The predicted octanol–water partition coefficient (Wildman–Crippen LogP) is 1.43. The average molecular weight is 142 g/mol. The zero-order valence-electron chi connectivity index (χ0n) is 6.15. The van der Waals surface area contributed by atoms with E-state index in [0.29, 0.717) is 0 Å². The van der Waals surface area contributed by atoms with E-state index in [2.05, 4.69) is 31.7 Å². The highest BCUT2D eigenvalue weighted by Crippen LogP contribution is 2.03. The zero-order valence-corrected chi connectivity index (χ0v) is 8.31. The molecule has 0 bridgehead atoms. The summed E-state index contributed by atoms with van der Waals surface area (Å²) in [6.07, 6.45) is 5.35. The minimum atomic E-state index is -1.09. The van der Waals surface area contributed by atoms with E-state index in [4.69, 9.17) is 6.42 Å². The van der Waals surface area contributed by atoms with Crippen LogP contribution in [0.3, 0.4) is 0 Å². The second-order valence-corrected chi connectivity index (χ2v) is 16.9. The van der Waals surface area contributed by atoms with Gasteiger partial charge in [0, 0.05) is 8.31 Å². The molecule has 46 valence electrons. The van der Waals surface area contributed by atoms with Gasteiger partial charge in [0.2, 0.25) is 0 Å². The maximum Gasteiger partial charge on any atom is 0.119 e. The van der Waals surface area contributed by atoms with Crippen molar-refractivity contribution in [3.05, 3.63) is 0 Å². The van der Waals surface area contributed by atoms with Gasteiger partial charge in [0.1, 0.15) is 7.59 Å². The molecule has 0 heterocycles. The van der Waals surface area contributed by atoms with E-state index < -0.39 is 15.9 Å². The summed E-state index contributed by atoms with van der Waals surface area (Å²) in [4.78, 5) is 0. The van der Waals surface area contributed by atoms with Gasteiger partial charge in [-0.15, -0.1) is 12.0 Å². The fourth-order valence-corrected chi connectivity index (χ4v) is 1.50. The topological polar surface area (TPSA) is 0 Å². The van der Waals surface area contributed by atoms with Gasteiger partial charge >= 0.3 is 0 Å². The summed E-state index contributed by atoms with van der Waals surface area (Å²) < 4.78 is 0. The molecule has 0 atom stereocenters. The van der Waals surface area contributed by atoms with E-state index >= 15 is 0 Å². The maximum atomic E-state index is 5.35. The van der Waals surface area contributed by atoms with E-state index in [0.717, 1.165) is 0 Å². The molecule has 0 aliphatic heterocycles. The fourth-order valence-electron chi connectivity index (χ4n) is 0.167. The van der Waals surface area contributed by atoms with Crippen molar-refractivity contribution >= 4 is 15.9 Å². The largest absolute Gasteiger partial charge is 0.139 e. The molecule has 0 nitrogen and oxygen atoms in total. The average Bonchev–Trinajstić information content (AvgIpc) is 1.67. The third-order valence-corrected chi connectivity index (χ3v) is 14.6. The van der Waals surface area contributed by atoms with Crippen LogP contribution in [0, 0.1) is 12.0 Å². The van der Waals surface area contributed by atoms with Gasteiger partial charge in [0.15, 0.2) is 0 Å². The van der Waals surface area contributed by atoms with E-state index in [9.17, 15) is 0 Å². The van der Waals surface area contributed by atoms with Crippen LogP contribution >= 0.6 is 0 Å². The van der Waals surface area contributed by atoms with E-state index in [-0.39, 0.29) is 0 Å². The summed E-state index contributed by atoms with van der Waals surface area (Å²) in [6.45, 7) is 9.24. The lowest BCUT2D eigenvalue weighted by atomic mass is 11.4. The smallest absolute Gasteiger partial charge is 0.119 e. The molecule has 0 N–H and O–H groups in total. The molecule has 0 spiro atoms. The molecule has 0 aromatic heterocycles. The maximum absolute atomic E-state index is 5.35. The molecule has 0 saturated heterocycles. The summed E-state index contributed by atoms with van der Waals surface area (Å²) >= 11 is 0. The first-order valence-corrected chi connectivity index (χ1v) is 10.1. The van der Waals surface area contributed by atoms with Gasteiger partial charge in [-0.3, -0.25) is 0 Å². The molecule has 0 aromatic carbocycles. The quantitative estimate of drug-likeness (QED) is 0.384. The molecule has 2 heteroatoms. The van der Waals surface area contributed by atoms with Crippen molar-refractivity contribution in [3.63, 3.8) is 0 Å². The van der Waals surface area contributed by atoms with Crippen LogP contribution in [0.2, 0.25) is 26.2 Å². The van der Waals surface area contributed by atoms with Crippen molar-refractivity contribution in [2.24, 2.45) is 0 Å². The molecule has 0 fully saturated rings. The Morgan fingerprint density at radius 2 is 1.75 bits per heavy atom. The number of rotatable bonds is 1. The first kappa shape index (κ1) is 7.99. The first-order chi connectivity index (χ1) is 3.50. The van der Waals surface area contributed by atoms with Gasteiger partial charge in [-0.25, -0.2) is 0 Å². The van der Waals surface area contributed by atoms with E-state index in [1.54, 1.807) is 0 Å². The lowest BCUT2D eigenvalue weighted by Crippen LogP contribution is -2.39. The first-order valence-electron chi connectivity index (χ1n) is 2.98. The third-order valence-electron chi connectivity index (χ3n) is 1.82. The Balaban J connectivity index is 3.97. The molecule has 0 unspecified atom stereocenters. The molecule has 0 rings (SSSR count). The Labute approximate surface area is 54.7 Å². The Kier molecular flexibility index (Phi) is 2.51. The van der Waals surface area contributed by atoms with E-state index in [1.807, 2.05) is 0 Å². The Bertz CT molecular complexity index is 108. The van der Waals surface area contributed by atoms with Gasteiger partial charge < -0.3 is 0 Å². The van der Waals surface area contributed by atoms with Crippen LogP contribution in [0.5, 0.6) is 0 Å². The fraction of sp³-hybridized carbons (Fsp3) is 0.667. The van der Waals surface area contributed by atoms with Crippen LogP contribution in [0.25, 0.3) is 0 Å². The summed E-state index contributed by atoms with van der Waals surface area (Å²) in [5, 5.41) is 0. The molecule has 0 aliphatic carbocycles. The molecule has 0 radical (unpaired) electrons. The van der Waals surface area contributed by atoms with Crippen LogP contribution < -0.4 is 0 Å². The van der Waals surface area contributed by atoms with Crippen LogP contribution in [-0.4, -0.2) is 15.9 Å². The van der Waals surface area contributed by atoms with Crippen molar-refractivity contribution in [1.82, 2.24) is 0 Å². The van der Waals surface area contributed by atoms with Crippen LogP contribution in [0.15, 0.2) is 0 Å². The van der Waals surface area contributed by atoms with Gasteiger partial charge in [-0.1, -0.05) is 26.2 Å². The van der Waals surface area contributed by atoms with Crippen LogP contribution in [0.1, 0.15) is 0 Å². The van der Waals surface area contributed by atoms with Crippen molar-refractivity contribution in [1.29, 1.82) is 0 Å². The summed E-state index contributed by atoms with van der Waals surface area (Å²) in [5.74, 6) is 0. The van der Waals surface area contributed by atoms with Gasteiger partial charge in [0.05, 0.1) is 0 Å². The Hall–Kier alpha value is -0.00623. The highest BCUT2D eigenvalue weighted by atomic mass is 29.2. The van der Waals surface area contributed by atoms with Crippen molar-refractivity contribution in [2.75, 3.05) is 0 Å². The minimum absolute atomic E-state index is 0.477. The van der Waals surface area contributed by atoms with Crippen molar-refractivity contribution in [2.45, 2.75) is 26.2 Å². The Morgan fingerprint density at radius 1 is 1.38 bits per heavy atom. The molecule has 8 heavy (non-hydrogen) atoms. The second kappa shape index (κ2) is 2.52. The highest BCUT2D eigenvalue weighted by Gasteiger charge is 2.22. The molecule has 0 aromatic rings. The van der Waals surface area contributed by atoms with Gasteiger partial charge in [-0.2, -0.15) is 0 Å².